The summed E-state index contributed by atoms with van der Waals surface area (Å²) in [4.78, 5) is 33.7. The van der Waals surface area contributed by atoms with Crippen LogP contribution in [0.3, 0.4) is 0 Å². The van der Waals surface area contributed by atoms with Crippen molar-refractivity contribution in [2.75, 3.05) is 39.4 Å². The number of para-hydroxylation sites is 1. The van der Waals surface area contributed by atoms with Crippen molar-refractivity contribution < 1.29 is 14.6 Å². The standard InChI is InChI=1S/C20H26N4O4/c25-18-6-8-23(7-5-17(18)22-9-11-28-12-10-22)19(26)13-24-14-21-16-4-2-1-3-15(16)20(24)27/h1-4,14,17-18,25H,5-13H2/t17-,18-/m0/s1. The molecule has 28 heavy (non-hydrogen) atoms. The molecule has 8 heteroatoms. The zero-order chi connectivity index (χ0) is 19.5. The second-order valence-electron chi connectivity index (χ2n) is 7.44. The minimum atomic E-state index is -0.457. The molecule has 8 nitrogen and oxygen atoms in total. The number of fused-ring (bicyclic) bond motifs is 1. The van der Waals surface area contributed by atoms with E-state index in [4.69, 9.17) is 4.74 Å². The Balaban J connectivity index is 1.44. The van der Waals surface area contributed by atoms with Gasteiger partial charge >= 0.3 is 0 Å². The van der Waals surface area contributed by atoms with E-state index in [0.717, 1.165) is 19.5 Å². The van der Waals surface area contributed by atoms with Crippen LogP contribution in [0.1, 0.15) is 12.8 Å². The van der Waals surface area contributed by atoms with Gasteiger partial charge in [-0.3, -0.25) is 19.1 Å². The predicted octanol–water partition coefficient (Wildman–Crippen LogP) is 0.0806. The van der Waals surface area contributed by atoms with E-state index in [0.29, 0.717) is 43.6 Å². The third kappa shape index (κ3) is 3.94. The van der Waals surface area contributed by atoms with Crippen molar-refractivity contribution in [2.24, 2.45) is 0 Å². The molecule has 0 bridgehead atoms. The van der Waals surface area contributed by atoms with Crippen LogP contribution in [0.5, 0.6) is 0 Å². The lowest BCUT2D eigenvalue weighted by Crippen LogP contribution is -2.49. The molecule has 2 aliphatic rings. The second-order valence-corrected chi connectivity index (χ2v) is 7.44. The van der Waals surface area contributed by atoms with Gasteiger partial charge in [0.1, 0.15) is 6.54 Å². The first kappa shape index (κ1) is 19.0. The van der Waals surface area contributed by atoms with E-state index < -0.39 is 6.10 Å². The van der Waals surface area contributed by atoms with Crippen molar-refractivity contribution >= 4 is 16.8 Å². The van der Waals surface area contributed by atoms with Gasteiger partial charge in [-0.15, -0.1) is 0 Å². The van der Waals surface area contributed by atoms with Crippen molar-refractivity contribution in [3.8, 4) is 0 Å². The summed E-state index contributed by atoms with van der Waals surface area (Å²) in [6.07, 6.45) is 2.24. The molecule has 1 aromatic carbocycles. The van der Waals surface area contributed by atoms with Gasteiger partial charge in [0.05, 0.1) is 36.5 Å². The molecule has 2 aliphatic heterocycles. The summed E-state index contributed by atoms with van der Waals surface area (Å²) in [5.41, 5.74) is 0.419. The summed E-state index contributed by atoms with van der Waals surface area (Å²) in [5.74, 6) is -0.117. The van der Waals surface area contributed by atoms with Gasteiger partial charge in [0.15, 0.2) is 0 Å². The minimum absolute atomic E-state index is 0.0328. The molecule has 1 N–H and O–H groups in total. The van der Waals surface area contributed by atoms with Gasteiger partial charge in [0.25, 0.3) is 5.56 Å². The number of rotatable bonds is 3. The van der Waals surface area contributed by atoms with Crippen LogP contribution >= 0.6 is 0 Å². The second kappa shape index (κ2) is 8.38. The van der Waals surface area contributed by atoms with E-state index in [1.54, 1.807) is 23.1 Å². The first-order valence-corrected chi connectivity index (χ1v) is 9.85. The molecule has 0 saturated carbocycles. The normalized spacial score (nSPS) is 24.2. The number of carbonyl (C=O) groups excluding carboxylic acids is 1. The number of aromatic nitrogens is 2. The van der Waals surface area contributed by atoms with Gasteiger partial charge in [0.2, 0.25) is 5.91 Å². The predicted molar refractivity (Wildman–Crippen MR) is 104 cm³/mol. The monoisotopic (exact) mass is 386 g/mol. The fraction of sp³-hybridized carbons (Fsp3) is 0.550. The third-order valence-corrected chi connectivity index (χ3v) is 5.74. The zero-order valence-corrected chi connectivity index (χ0v) is 15.9. The number of amides is 1. The molecule has 0 unspecified atom stereocenters. The maximum atomic E-state index is 12.8. The van der Waals surface area contributed by atoms with Crippen molar-refractivity contribution in [2.45, 2.75) is 31.5 Å². The minimum Gasteiger partial charge on any atom is -0.391 e. The maximum Gasteiger partial charge on any atom is 0.261 e. The molecule has 0 radical (unpaired) electrons. The van der Waals surface area contributed by atoms with Gasteiger partial charge in [-0.1, -0.05) is 12.1 Å². The Labute approximate surface area is 163 Å². The first-order valence-electron chi connectivity index (χ1n) is 9.85. The largest absolute Gasteiger partial charge is 0.391 e. The van der Waals surface area contributed by atoms with Gasteiger partial charge in [-0.2, -0.15) is 0 Å². The Morgan fingerprint density at radius 2 is 1.89 bits per heavy atom. The van der Waals surface area contributed by atoms with E-state index >= 15 is 0 Å². The summed E-state index contributed by atoms with van der Waals surface area (Å²) in [6, 6.07) is 7.18. The number of nitrogens with zero attached hydrogens (tertiary/aromatic N) is 4. The lowest BCUT2D eigenvalue weighted by molar-refractivity contribution is -0.131. The van der Waals surface area contributed by atoms with Crippen LogP contribution in [0, 0.1) is 0 Å². The Kier molecular flexibility index (Phi) is 5.70. The summed E-state index contributed by atoms with van der Waals surface area (Å²) in [6.45, 7) is 4.04. The van der Waals surface area contributed by atoms with E-state index in [9.17, 15) is 14.7 Å². The van der Waals surface area contributed by atoms with E-state index in [2.05, 4.69) is 9.88 Å². The molecule has 150 valence electrons. The molecule has 0 spiro atoms. The average molecular weight is 386 g/mol. The highest BCUT2D eigenvalue weighted by molar-refractivity contribution is 5.79. The summed E-state index contributed by atoms with van der Waals surface area (Å²) >= 11 is 0. The van der Waals surface area contributed by atoms with Crippen LogP contribution in [-0.4, -0.2) is 81.9 Å². The molecule has 3 heterocycles. The maximum absolute atomic E-state index is 12.8. The zero-order valence-electron chi connectivity index (χ0n) is 15.9. The number of aliphatic hydroxyl groups is 1. The van der Waals surface area contributed by atoms with Gasteiger partial charge < -0.3 is 14.7 Å². The quantitative estimate of drug-likeness (QED) is 0.804. The average Bonchev–Trinajstić information content (AvgIpc) is 2.92. The van der Waals surface area contributed by atoms with Crippen LogP contribution in [0.25, 0.3) is 10.9 Å². The van der Waals surface area contributed by atoms with Crippen molar-refractivity contribution in [1.29, 1.82) is 0 Å². The van der Waals surface area contributed by atoms with Crippen molar-refractivity contribution in [3.63, 3.8) is 0 Å². The molecule has 2 aromatic rings. The Hall–Kier alpha value is -2.29. The van der Waals surface area contributed by atoms with Crippen molar-refractivity contribution in [1.82, 2.24) is 19.4 Å². The molecular weight excluding hydrogens is 360 g/mol. The lowest BCUT2D eigenvalue weighted by Gasteiger charge is -2.36. The number of carbonyl (C=O) groups is 1. The highest BCUT2D eigenvalue weighted by Gasteiger charge is 2.31. The molecule has 0 aliphatic carbocycles. The van der Waals surface area contributed by atoms with E-state index in [-0.39, 0.29) is 24.1 Å². The third-order valence-electron chi connectivity index (χ3n) is 5.74. The number of benzene rings is 1. The van der Waals surface area contributed by atoms with Crippen LogP contribution in [0.15, 0.2) is 35.4 Å². The van der Waals surface area contributed by atoms with Gasteiger partial charge in [-0.05, 0) is 25.0 Å². The molecule has 2 saturated heterocycles. The number of likely N-dealkylation sites (tertiary alicyclic amines) is 1. The topological polar surface area (TPSA) is 87.9 Å². The first-order chi connectivity index (χ1) is 13.6. The molecule has 2 fully saturated rings. The van der Waals surface area contributed by atoms with Crippen LogP contribution in [0.4, 0.5) is 0 Å². The van der Waals surface area contributed by atoms with Gasteiger partial charge in [0, 0.05) is 32.2 Å². The van der Waals surface area contributed by atoms with E-state index in [1.807, 2.05) is 6.07 Å². The van der Waals surface area contributed by atoms with E-state index in [1.165, 1.54) is 10.9 Å². The molecule has 1 amide bonds. The Morgan fingerprint density at radius 1 is 1.14 bits per heavy atom. The van der Waals surface area contributed by atoms with Crippen molar-refractivity contribution in [3.05, 3.63) is 40.9 Å². The SMILES string of the molecule is O=C(Cn1cnc2ccccc2c1=O)N1CC[C@H](O)[C@@H](N2CCOCC2)CC1. The molecule has 1 aromatic heterocycles. The number of hydrogen-bond acceptors (Lipinski definition) is 6. The Morgan fingerprint density at radius 3 is 2.71 bits per heavy atom. The van der Waals surface area contributed by atoms with Gasteiger partial charge in [-0.25, -0.2) is 4.98 Å². The molecule has 2 atom stereocenters. The van der Waals surface area contributed by atoms with Crippen LogP contribution in [0.2, 0.25) is 0 Å². The fourth-order valence-electron chi connectivity index (χ4n) is 4.12. The smallest absolute Gasteiger partial charge is 0.261 e. The molecular formula is C20H26N4O4. The number of morpholine rings is 1. The number of hydrogen-bond donors (Lipinski definition) is 1. The summed E-state index contributed by atoms with van der Waals surface area (Å²) in [5, 5.41) is 11.1. The Bertz CT molecular complexity index is 893. The highest BCUT2D eigenvalue weighted by Crippen LogP contribution is 2.19. The van der Waals surface area contributed by atoms with Crippen LogP contribution < -0.4 is 5.56 Å². The molecule has 4 rings (SSSR count). The fourth-order valence-corrected chi connectivity index (χ4v) is 4.12. The summed E-state index contributed by atoms with van der Waals surface area (Å²) < 4.78 is 6.76. The van der Waals surface area contributed by atoms with Crippen LogP contribution in [-0.2, 0) is 16.1 Å². The number of ether oxygens (including phenoxy) is 1. The summed E-state index contributed by atoms with van der Waals surface area (Å²) in [7, 11) is 0. The highest BCUT2D eigenvalue weighted by atomic mass is 16.5. The number of aliphatic hydroxyl groups excluding tert-OH is 1. The lowest BCUT2D eigenvalue weighted by atomic mass is 10.0.